The number of imidazole rings is 1. The zero-order valence-corrected chi connectivity index (χ0v) is 20.0. The van der Waals surface area contributed by atoms with Gasteiger partial charge in [-0.15, -0.1) is 11.3 Å². The van der Waals surface area contributed by atoms with Crippen LogP contribution in [0.4, 0.5) is 0 Å². The molecule has 168 valence electrons. The molecule has 8 heteroatoms. The van der Waals surface area contributed by atoms with Crippen LogP contribution in [0.1, 0.15) is 68.9 Å². The van der Waals surface area contributed by atoms with E-state index in [9.17, 15) is 9.59 Å². The van der Waals surface area contributed by atoms with E-state index < -0.39 is 5.41 Å². The van der Waals surface area contributed by atoms with Gasteiger partial charge in [-0.2, -0.15) is 0 Å². The molecule has 0 aromatic carbocycles. The molecule has 0 saturated carbocycles. The molecule has 4 rings (SSSR count). The van der Waals surface area contributed by atoms with Gasteiger partial charge in [-0.1, -0.05) is 13.8 Å². The summed E-state index contributed by atoms with van der Waals surface area (Å²) < 4.78 is 2.08. The van der Waals surface area contributed by atoms with Gasteiger partial charge < -0.3 is 14.4 Å². The van der Waals surface area contributed by atoms with Crippen LogP contribution >= 0.6 is 11.3 Å². The van der Waals surface area contributed by atoms with E-state index in [1.165, 1.54) is 0 Å². The van der Waals surface area contributed by atoms with Crippen molar-refractivity contribution in [3.8, 4) is 0 Å². The minimum absolute atomic E-state index is 0.0710. The number of amides is 2. The fraction of sp³-hybridized carbons (Fsp3) is 0.652. The van der Waals surface area contributed by atoms with Crippen molar-refractivity contribution in [3.05, 3.63) is 34.3 Å². The van der Waals surface area contributed by atoms with E-state index in [0.717, 1.165) is 22.8 Å². The summed E-state index contributed by atoms with van der Waals surface area (Å²) in [6, 6.07) is 0.306. The lowest BCUT2D eigenvalue weighted by Gasteiger charge is -2.27. The number of aromatic nitrogens is 3. The highest BCUT2D eigenvalue weighted by Crippen LogP contribution is 2.50. The molecule has 2 aliphatic rings. The number of carbonyl (C=O) groups is 2. The van der Waals surface area contributed by atoms with E-state index in [1.807, 2.05) is 28.4 Å². The lowest BCUT2D eigenvalue weighted by atomic mass is 9.75. The monoisotopic (exact) mass is 443 g/mol. The molecular formula is C23H33N5O2S. The van der Waals surface area contributed by atoms with Gasteiger partial charge in [0.2, 0.25) is 11.8 Å². The molecule has 0 N–H and O–H groups in total. The standard InChI is InChI=1S/C23H33N5O2S/c1-15(2)8-21(29)27-10-19(20-11-28(14-24-20)16(3)4)23(13-27)6-7-26(22(23)30)9-18-12-31-17(5)25-18/h11-12,14-16,19H,6-10,13H2,1-5H3/t19-,23+/m1/s1. The van der Waals surface area contributed by atoms with Gasteiger partial charge in [-0.05, 0) is 33.1 Å². The Kier molecular flexibility index (Phi) is 5.94. The minimum Gasteiger partial charge on any atom is -0.341 e. The highest BCUT2D eigenvalue weighted by molar-refractivity contribution is 7.09. The van der Waals surface area contributed by atoms with Crippen LogP contribution in [0.5, 0.6) is 0 Å². The maximum Gasteiger partial charge on any atom is 0.231 e. The van der Waals surface area contributed by atoms with E-state index in [2.05, 4.69) is 48.4 Å². The van der Waals surface area contributed by atoms with Crippen molar-refractivity contribution in [2.24, 2.45) is 11.3 Å². The number of aryl methyl sites for hydroxylation is 1. The Morgan fingerprint density at radius 3 is 2.71 bits per heavy atom. The Hall–Kier alpha value is -2.22. The highest BCUT2D eigenvalue weighted by Gasteiger charge is 2.58. The van der Waals surface area contributed by atoms with E-state index in [1.54, 1.807) is 11.3 Å². The van der Waals surface area contributed by atoms with Gasteiger partial charge in [0.1, 0.15) is 0 Å². The van der Waals surface area contributed by atoms with Crippen LogP contribution in [0, 0.1) is 18.3 Å². The van der Waals surface area contributed by atoms with Crippen molar-refractivity contribution in [2.75, 3.05) is 19.6 Å². The Morgan fingerprint density at radius 1 is 1.32 bits per heavy atom. The average Bonchev–Trinajstić information content (AvgIpc) is 3.46. The predicted octanol–water partition coefficient (Wildman–Crippen LogP) is 3.62. The first-order valence-electron chi connectivity index (χ1n) is 11.2. The van der Waals surface area contributed by atoms with Crippen molar-refractivity contribution >= 4 is 23.2 Å². The molecule has 2 aromatic rings. The molecule has 2 atom stereocenters. The molecular weight excluding hydrogens is 410 g/mol. The van der Waals surface area contributed by atoms with E-state index >= 15 is 0 Å². The number of thiazole rings is 1. The SMILES string of the molecule is Cc1nc(CN2CC[C@@]3(CN(C(=O)CC(C)C)C[C@@H]3c3cn(C(C)C)cn3)C2=O)cs1. The van der Waals surface area contributed by atoms with Gasteiger partial charge in [-0.3, -0.25) is 9.59 Å². The van der Waals surface area contributed by atoms with Crippen molar-refractivity contribution < 1.29 is 9.59 Å². The van der Waals surface area contributed by atoms with Gasteiger partial charge in [0.05, 0.1) is 34.7 Å². The molecule has 2 saturated heterocycles. The first-order chi connectivity index (χ1) is 14.7. The molecule has 0 radical (unpaired) electrons. The quantitative estimate of drug-likeness (QED) is 0.684. The van der Waals surface area contributed by atoms with Crippen LogP contribution < -0.4 is 0 Å². The van der Waals surface area contributed by atoms with Gasteiger partial charge in [0.25, 0.3) is 0 Å². The normalized spacial score (nSPS) is 23.8. The Balaban J connectivity index is 1.62. The fourth-order valence-corrected chi connectivity index (χ4v) is 5.53. The molecule has 2 aliphatic heterocycles. The predicted molar refractivity (Wildman–Crippen MR) is 121 cm³/mol. The van der Waals surface area contributed by atoms with Crippen molar-refractivity contribution in [2.45, 2.75) is 66.0 Å². The van der Waals surface area contributed by atoms with Crippen molar-refractivity contribution in [3.63, 3.8) is 0 Å². The van der Waals surface area contributed by atoms with Crippen LogP contribution in [0.15, 0.2) is 17.9 Å². The Morgan fingerprint density at radius 2 is 2.10 bits per heavy atom. The van der Waals surface area contributed by atoms with Crippen LogP contribution in [-0.4, -0.2) is 55.8 Å². The second kappa shape index (κ2) is 8.37. The largest absolute Gasteiger partial charge is 0.341 e. The Bertz CT molecular complexity index is 965. The summed E-state index contributed by atoms with van der Waals surface area (Å²) in [7, 11) is 0. The van der Waals surface area contributed by atoms with Gasteiger partial charge in [0.15, 0.2) is 0 Å². The lowest BCUT2D eigenvalue weighted by Crippen LogP contribution is -2.40. The molecule has 2 aromatic heterocycles. The van der Waals surface area contributed by atoms with Crippen LogP contribution in [0.2, 0.25) is 0 Å². The third kappa shape index (κ3) is 4.14. The fourth-order valence-electron chi connectivity index (χ4n) is 4.93. The highest BCUT2D eigenvalue weighted by atomic mass is 32.1. The summed E-state index contributed by atoms with van der Waals surface area (Å²) in [6.07, 6.45) is 5.17. The van der Waals surface area contributed by atoms with Crippen molar-refractivity contribution in [1.29, 1.82) is 0 Å². The first kappa shape index (κ1) is 22.0. The lowest BCUT2D eigenvalue weighted by molar-refractivity contribution is -0.137. The number of rotatable bonds is 6. The number of nitrogens with zero attached hydrogens (tertiary/aromatic N) is 5. The smallest absolute Gasteiger partial charge is 0.231 e. The third-order valence-electron chi connectivity index (χ3n) is 6.61. The number of carbonyl (C=O) groups excluding carboxylic acids is 2. The topological polar surface area (TPSA) is 71.3 Å². The van der Waals surface area contributed by atoms with Gasteiger partial charge in [0, 0.05) is 49.6 Å². The average molecular weight is 444 g/mol. The summed E-state index contributed by atoms with van der Waals surface area (Å²) in [5.74, 6) is 0.508. The molecule has 2 fully saturated rings. The number of hydrogen-bond acceptors (Lipinski definition) is 5. The van der Waals surface area contributed by atoms with Crippen molar-refractivity contribution in [1.82, 2.24) is 24.3 Å². The summed E-state index contributed by atoms with van der Waals surface area (Å²) in [4.78, 5) is 39.8. The summed E-state index contributed by atoms with van der Waals surface area (Å²) in [6.45, 7) is 12.6. The molecule has 1 spiro atoms. The maximum absolute atomic E-state index is 13.8. The first-order valence-corrected chi connectivity index (χ1v) is 12.1. The molecule has 4 heterocycles. The summed E-state index contributed by atoms with van der Waals surface area (Å²) >= 11 is 1.61. The second-order valence-corrected chi connectivity index (χ2v) is 10.8. The molecule has 0 aliphatic carbocycles. The molecule has 2 amide bonds. The van der Waals surface area contributed by atoms with Crippen LogP contribution in [0.3, 0.4) is 0 Å². The Labute approximate surface area is 188 Å². The molecule has 0 bridgehead atoms. The number of likely N-dealkylation sites (tertiary alicyclic amines) is 2. The molecule has 7 nitrogen and oxygen atoms in total. The zero-order chi connectivity index (χ0) is 22.3. The van der Waals surface area contributed by atoms with E-state index in [0.29, 0.717) is 44.6 Å². The van der Waals surface area contributed by atoms with Gasteiger partial charge >= 0.3 is 0 Å². The van der Waals surface area contributed by atoms with E-state index in [4.69, 9.17) is 0 Å². The zero-order valence-electron chi connectivity index (χ0n) is 19.2. The van der Waals surface area contributed by atoms with Crippen LogP contribution in [-0.2, 0) is 16.1 Å². The molecule has 0 unspecified atom stereocenters. The summed E-state index contributed by atoms with van der Waals surface area (Å²) in [5.41, 5.74) is 1.28. The second-order valence-electron chi connectivity index (χ2n) is 9.76. The third-order valence-corrected chi connectivity index (χ3v) is 7.44. The summed E-state index contributed by atoms with van der Waals surface area (Å²) in [5, 5.41) is 3.04. The minimum atomic E-state index is -0.589. The van der Waals surface area contributed by atoms with Crippen LogP contribution in [0.25, 0.3) is 0 Å². The number of hydrogen-bond donors (Lipinski definition) is 0. The van der Waals surface area contributed by atoms with E-state index in [-0.39, 0.29) is 17.7 Å². The molecule has 31 heavy (non-hydrogen) atoms. The van der Waals surface area contributed by atoms with Gasteiger partial charge in [-0.25, -0.2) is 9.97 Å². The maximum atomic E-state index is 13.8.